The third kappa shape index (κ3) is 1.52. The van der Waals surface area contributed by atoms with Crippen molar-refractivity contribution in [2.75, 3.05) is 0 Å². The van der Waals surface area contributed by atoms with E-state index in [0.717, 1.165) is 0 Å². The molecule has 1 aromatic carbocycles. The number of fused-ring (bicyclic) bond motifs is 1. The number of benzene rings is 1. The van der Waals surface area contributed by atoms with Crippen LogP contribution < -0.4 is 5.46 Å². The van der Waals surface area contributed by atoms with Crippen LogP contribution in [0.15, 0.2) is 24.2 Å². The first-order valence-corrected chi connectivity index (χ1v) is 5.38. The van der Waals surface area contributed by atoms with Gasteiger partial charge in [-0.05, 0) is 30.4 Å². The Bertz CT molecular complexity index is 377. The molecule has 0 aromatic heterocycles. The molecule has 1 aromatic rings. The first kappa shape index (κ1) is 9.58. The first-order chi connectivity index (χ1) is 6.72. The lowest BCUT2D eigenvalue weighted by molar-refractivity contribution is 0.734. The molecule has 0 spiro atoms. The van der Waals surface area contributed by atoms with Crippen LogP contribution >= 0.6 is 0 Å². The van der Waals surface area contributed by atoms with Crippen LogP contribution in [0.1, 0.15) is 44.2 Å². The lowest BCUT2D eigenvalue weighted by atomic mass is 9.72. The average molecular weight is 183 g/mol. The Labute approximate surface area is 87.3 Å². The van der Waals surface area contributed by atoms with Gasteiger partial charge in [0.1, 0.15) is 0 Å². The van der Waals surface area contributed by atoms with E-state index >= 15 is 0 Å². The molecule has 1 aliphatic heterocycles. The highest BCUT2D eigenvalue weighted by Crippen LogP contribution is 2.22. The van der Waals surface area contributed by atoms with Gasteiger partial charge in [-0.25, -0.2) is 0 Å². The highest BCUT2D eigenvalue weighted by molar-refractivity contribution is 6.63. The summed E-state index contributed by atoms with van der Waals surface area (Å²) in [6.45, 7) is 6.70. The molecule has 71 valence electrons. The summed E-state index contributed by atoms with van der Waals surface area (Å²) in [6.07, 6.45) is 1.21. The van der Waals surface area contributed by atoms with Gasteiger partial charge in [-0.3, -0.25) is 0 Å². The summed E-state index contributed by atoms with van der Waals surface area (Å²) in [5.74, 6) is 2.88. The fourth-order valence-electron chi connectivity index (χ4n) is 1.92. The van der Waals surface area contributed by atoms with Crippen LogP contribution in [0.2, 0.25) is 0 Å². The molecule has 0 amide bonds. The molecule has 1 unspecified atom stereocenters. The third-order valence-electron chi connectivity index (χ3n) is 3.19. The van der Waals surface area contributed by atoms with Crippen LogP contribution in [-0.4, -0.2) is 7.28 Å². The molecule has 1 heterocycles. The van der Waals surface area contributed by atoms with Crippen molar-refractivity contribution >= 4 is 18.3 Å². The van der Waals surface area contributed by atoms with Crippen molar-refractivity contribution in [3.8, 4) is 0 Å². The second-order valence-electron chi connectivity index (χ2n) is 4.17. The number of allylic oxidation sites excluding steroid dienone is 1. The Morgan fingerprint density at radius 2 is 2.14 bits per heavy atom. The molecule has 0 bridgehead atoms. The van der Waals surface area contributed by atoms with Crippen molar-refractivity contribution in [3.63, 3.8) is 0 Å². The van der Waals surface area contributed by atoms with Crippen LogP contribution in [0.25, 0.3) is 5.57 Å². The van der Waals surface area contributed by atoms with Crippen molar-refractivity contribution in [1.82, 2.24) is 0 Å². The van der Waals surface area contributed by atoms with Crippen LogP contribution in [0.3, 0.4) is 0 Å². The van der Waals surface area contributed by atoms with Crippen LogP contribution in [0.5, 0.6) is 0 Å². The zero-order chi connectivity index (χ0) is 10.1. The molecule has 2 rings (SSSR count). The average Bonchev–Trinajstić information content (AvgIpc) is 2.59. The van der Waals surface area contributed by atoms with Crippen molar-refractivity contribution in [1.29, 1.82) is 0 Å². The first-order valence-electron chi connectivity index (χ1n) is 5.38. The van der Waals surface area contributed by atoms with E-state index in [4.69, 9.17) is 0 Å². The largest absolute Gasteiger partial charge is 0.182 e. The van der Waals surface area contributed by atoms with E-state index in [0.29, 0.717) is 5.92 Å². The lowest BCUT2D eigenvalue weighted by Gasteiger charge is -2.11. The molecule has 0 fully saturated rings. The fraction of sp³-hybridized carbons (Fsp3) is 0.385. The zero-order valence-corrected chi connectivity index (χ0v) is 9.17. The molecule has 0 aliphatic carbocycles. The van der Waals surface area contributed by atoms with Gasteiger partial charge in [-0.1, -0.05) is 43.1 Å². The van der Waals surface area contributed by atoms with Gasteiger partial charge in [0.05, 0.1) is 0 Å². The number of hydrogen-bond donors (Lipinski definition) is 0. The second-order valence-corrected chi connectivity index (χ2v) is 4.17. The Kier molecular flexibility index (Phi) is 2.49. The van der Waals surface area contributed by atoms with Gasteiger partial charge in [-0.15, -0.1) is 5.98 Å². The van der Waals surface area contributed by atoms with E-state index in [2.05, 4.69) is 52.2 Å². The maximum Gasteiger partial charge on any atom is 0.182 e. The quantitative estimate of drug-likeness (QED) is 0.618. The molecule has 1 aliphatic rings. The Hall–Kier alpha value is -0.975. The Morgan fingerprint density at radius 1 is 1.36 bits per heavy atom. The van der Waals surface area contributed by atoms with Gasteiger partial charge in [0.25, 0.3) is 0 Å². The van der Waals surface area contributed by atoms with Crippen molar-refractivity contribution in [2.45, 2.75) is 33.1 Å². The highest BCUT2D eigenvalue weighted by atomic mass is 14.1. The summed E-state index contributed by atoms with van der Waals surface area (Å²) >= 11 is 0. The third-order valence-corrected chi connectivity index (χ3v) is 3.19. The molecule has 14 heavy (non-hydrogen) atoms. The topological polar surface area (TPSA) is 0 Å². The summed E-state index contributed by atoms with van der Waals surface area (Å²) in [7, 11) is 2.22. The van der Waals surface area contributed by atoms with Crippen molar-refractivity contribution in [3.05, 3.63) is 35.3 Å². The van der Waals surface area contributed by atoms with E-state index < -0.39 is 0 Å². The Morgan fingerprint density at radius 3 is 2.86 bits per heavy atom. The van der Waals surface area contributed by atoms with Gasteiger partial charge in [0.2, 0.25) is 0 Å². The molecule has 1 heteroatoms. The summed E-state index contributed by atoms with van der Waals surface area (Å²) < 4.78 is 0. The van der Waals surface area contributed by atoms with Crippen molar-refractivity contribution in [2.24, 2.45) is 0 Å². The summed E-state index contributed by atoms with van der Waals surface area (Å²) in [4.78, 5) is 0. The molecule has 0 saturated carbocycles. The van der Waals surface area contributed by atoms with E-state index in [1.54, 1.807) is 0 Å². The van der Waals surface area contributed by atoms with Crippen LogP contribution in [0.4, 0.5) is 0 Å². The van der Waals surface area contributed by atoms with Gasteiger partial charge < -0.3 is 0 Å². The van der Waals surface area contributed by atoms with E-state index in [1.807, 2.05) is 0 Å². The van der Waals surface area contributed by atoms with E-state index in [9.17, 15) is 0 Å². The minimum absolute atomic E-state index is 0.676. The molecule has 1 atom stereocenters. The standard InChI is InChI=1S/C13H16B/c1-4-9(2)11-5-6-12-10(3)8-14-13(12)7-11/h5-9H,4H2,1-3H3. The maximum absolute atomic E-state index is 2.33. The SMILES string of the molecule is CCC(C)c1ccc2c(c1)[B]C=C2C. The van der Waals surface area contributed by atoms with Gasteiger partial charge in [-0.2, -0.15) is 0 Å². The van der Waals surface area contributed by atoms with Gasteiger partial charge >= 0.3 is 0 Å². The van der Waals surface area contributed by atoms with E-state index in [1.165, 1.54) is 28.6 Å². The minimum atomic E-state index is 0.676. The normalized spacial score (nSPS) is 15.8. The predicted octanol–water partition coefficient (Wildman–Crippen LogP) is 2.90. The summed E-state index contributed by atoms with van der Waals surface area (Å²) in [5.41, 5.74) is 5.64. The lowest BCUT2D eigenvalue weighted by Crippen LogP contribution is -2.13. The molecule has 1 radical (unpaired) electrons. The smallest absolute Gasteiger partial charge is 0.113 e. The monoisotopic (exact) mass is 183 g/mol. The molecule has 0 N–H and O–H groups in total. The number of rotatable bonds is 2. The highest BCUT2D eigenvalue weighted by Gasteiger charge is 2.13. The maximum atomic E-state index is 2.33. The van der Waals surface area contributed by atoms with Crippen LogP contribution in [0, 0.1) is 0 Å². The Balaban J connectivity index is 2.35. The number of hydrogen-bond acceptors (Lipinski definition) is 0. The van der Waals surface area contributed by atoms with Crippen molar-refractivity contribution < 1.29 is 0 Å². The van der Waals surface area contributed by atoms with E-state index in [-0.39, 0.29) is 0 Å². The predicted molar refractivity (Wildman–Crippen MR) is 64.2 cm³/mol. The van der Waals surface area contributed by atoms with Gasteiger partial charge in [0, 0.05) is 0 Å². The summed E-state index contributed by atoms with van der Waals surface area (Å²) in [6, 6.07) is 6.85. The van der Waals surface area contributed by atoms with Crippen LogP contribution in [-0.2, 0) is 0 Å². The second kappa shape index (κ2) is 3.64. The summed E-state index contributed by atoms with van der Waals surface area (Å²) in [5, 5.41) is 0. The molecule has 0 nitrogen and oxygen atoms in total. The fourth-order valence-corrected chi connectivity index (χ4v) is 1.92. The molecular weight excluding hydrogens is 167 g/mol. The van der Waals surface area contributed by atoms with Gasteiger partial charge in [0.15, 0.2) is 7.28 Å². The zero-order valence-electron chi connectivity index (χ0n) is 9.17. The minimum Gasteiger partial charge on any atom is -0.113 e. The molecule has 0 saturated heterocycles. The molecular formula is C13H16B.